The standard InChI is InChI=1S/C22H29N5O4/c1-22(2,3)31-21(30)18(10-9-15(28)12-25-24)26-20(29)17(23)11-14-13-27(4)19-8-6-5-7-16(14)19/h5-8,12-13,17-18H,9-11,23H2,1-4H3,(H,26,29)/t17-,18-/m0/s1. The molecule has 1 aromatic heterocycles. The Morgan fingerprint density at radius 1 is 1.29 bits per heavy atom. The van der Waals surface area contributed by atoms with Crippen LogP contribution < -0.4 is 11.1 Å². The van der Waals surface area contributed by atoms with E-state index in [0.717, 1.165) is 22.7 Å². The number of Topliss-reactive ketones (excluding diaryl/α,β-unsaturated/α-hetero) is 1. The van der Waals surface area contributed by atoms with Gasteiger partial charge < -0.3 is 25.9 Å². The molecule has 0 aliphatic carbocycles. The average Bonchev–Trinajstić information content (AvgIpc) is 2.99. The summed E-state index contributed by atoms with van der Waals surface area (Å²) in [6, 6.07) is 5.85. The number of ketones is 1. The van der Waals surface area contributed by atoms with Gasteiger partial charge in [0.25, 0.3) is 0 Å². The molecule has 31 heavy (non-hydrogen) atoms. The predicted octanol–water partition coefficient (Wildman–Crippen LogP) is 1.52. The molecule has 0 aliphatic rings. The van der Waals surface area contributed by atoms with Crippen molar-refractivity contribution in [3.05, 3.63) is 41.6 Å². The molecule has 9 nitrogen and oxygen atoms in total. The maximum Gasteiger partial charge on any atom is 0.329 e. The number of aryl methyl sites for hydroxylation is 1. The molecule has 2 rings (SSSR count). The normalized spacial score (nSPS) is 13.2. The molecule has 0 aliphatic heterocycles. The van der Waals surface area contributed by atoms with Gasteiger partial charge in [0.05, 0.1) is 6.04 Å². The van der Waals surface area contributed by atoms with Gasteiger partial charge in [-0.25, -0.2) is 4.79 Å². The van der Waals surface area contributed by atoms with Crippen LogP contribution in [0.1, 0.15) is 39.2 Å². The molecular formula is C22H29N5O4. The van der Waals surface area contributed by atoms with E-state index in [1.807, 2.05) is 42.1 Å². The van der Waals surface area contributed by atoms with Crippen molar-refractivity contribution in [1.82, 2.24) is 9.88 Å². The molecule has 1 aromatic carbocycles. The Morgan fingerprint density at radius 2 is 1.97 bits per heavy atom. The van der Waals surface area contributed by atoms with Gasteiger partial charge in [-0.05, 0) is 45.2 Å². The minimum absolute atomic E-state index is 0.00745. The third-order valence-corrected chi connectivity index (χ3v) is 4.64. The Labute approximate surface area is 181 Å². The van der Waals surface area contributed by atoms with E-state index in [-0.39, 0.29) is 19.3 Å². The first-order chi connectivity index (χ1) is 14.5. The van der Waals surface area contributed by atoms with E-state index in [1.165, 1.54) is 0 Å². The third kappa shape index (κ3) is 6.87. The second kappa shape index (κ2) is 10.1. The van der Waals surface area contributed by atoms with Crippen LogP contribution in [0.15, 0.2) is 30.5 Å². The molecule has 0 saturated carbocycles. The zero-order chi connectivity index (χ0) is 23.2. The highest BCUT2D eigenvalue weighted by Gasteiger charge is 2.29. The van der Waals surface area contributed by atoms with E-state index in [4.69, 9.17) is 16.0 Å². The van der Waals surface area contributed by atoms with Gasteiger partial charge in [-0.2, -0.15) is 4.79 Å². The van der Waals surface area contributed by atoms with E-state index in [2.05, 4.69) is 10.1 Å². The molecule has 1 amide bonds. The van der Waals surface area contributed by atoms with Gasteiger partial charge in [0.15, 0.2) is 0 Å². The first kappa shape index (κ1) is 24.0. The smallest absolute Gasteiger partial charge is 0.329 e. The van der Waals surface area contributed by atoms with Crippen LogP contribution in [-0.4, -0.2) is 50.9 Å². The van der Waals surface area contributed by atoms with Gasteiger partial charge in [0, 0.05) is 30.6 Å². The number of ether oxygens (including phenoxy) is 1. The quantitative estimate of drug-likeness (QED) is 0.270. The van der Waals surface area contributed by atoms with Crippen LogP contribution in [0.4, 0.5) is 0 Å². The van der Waals surface area contributed by atoms with Gasteiger partial charge in [-0.15, -0.1) is 0 Å². The zero-order valence-electron chi connectivity index (χ0n) is 18.3. The Balaban J connectivity index is 2.11. The molecule has 0 unspecified atom stereocenters. The van der Waals surface area contributed by atoms with Crippen LogP contribution in [0.5, 0.6) is 0 Å². The summed E-state index contributed by atoms with van der Waals surface area (Å²) in [6.07, 6.45) is 2.85. The Bertz CT molecular complexity index is 1010. The van der Waals surface area contributed by atoms with Crippen molar-refractivity contribution in [2.24, 2.45) is 12.8 Å². The first-order valence-electron chi connectivity index (χ1n) is 10.0. The van der Waals surface area contributed by atoms with Crippen molar-refractivity contribution in [2.45, 2.75) is 57.7 Å². The number of para-hydroxylation sites is 1. The Kier molecular flexibility index (Phi) is 7.85. The van der Waals surface area contributed by atoms with Crippen molar-refractivity contribution in [1.29, 1.82) is 0 Å². The number of aromatic nitrogens is 1. The monoisotopic (exact) mass is 427 g/mol. The number of nitrogens with two attached hydrogens (primary N) is 1. The van der Waals surface area contributed by atoms with Crippen LogP contribution in [0.2, 0.25) is 0 Å². The summed E-state index contributed by atoms with van der Waals surface area (Å²) < 4.78 is 7.33. The van der Waals surface area contributed by atoms with Crippen molar-refractivity contribution in [2.75, 3.05) is 0 Å². The highest BCUT2D eigenvalue weighted by Crippen LogP contribution is 2.21. The summed E-state index contributed by atoms with van der Waals surface area (Å²) in [6.45, 7) is 5.12. The van der Waals surface area contributed by atoms with Crippen LogP contribution >= 0.6 is 0 Å². The Morgan fingerprint density at radius 3 is 2.61 bits per heavy atom. The predicted molar refractivity (Wildman–Crippen MR) is 116 cm³/mol. The lowest BCUT2D eigenvalue weighted by molar-refractivity contribution is -0.159. The Hall–Kier alpha value is -3.29. The van der Waals surface area contributed by atoms with E-state index in [9.17, 15) is 14.4 Å². The molecule has 0 saturated heterocycles. The SMILES string of the molecule is Cn1cc(C[C@H](N)C(=O)N[C@@H](CCC(=O)C=[N+]=[N-])C(=O)OC(C)(C)C)c2ccccc21. The van der Waals surface area contributed by atoms with Crippen molar-refractivity contribution in [3.63, 3.8) is 0 Å². The molecule has 0 radical (unpaired) electrons. The molecule has 0 fully saturated rings. The number of esters is 1. The van der Waals surface area contributed by atoms with Crippen LogP contribution in [-0.2, 0) is 32.6 Å². The lowest BCUT2D eigenvalue weighted by atomic mass is 10.0. The number of rotatable bonds is 9. The fraction of sp³-hybridized carbons (Fsp3) is 0.455. The maximum absolute atomic E-state index is 12.7. The number of carbonyl (C=O) groups is 3. The summed E-state index contributed by atoms with van der Waals surface area (Å²) in [5, 5.41) is 3.61. The summed E-state index contributed by atoms with van der Waals surface area (Å²) in [5.74, 6) is -1.66. The fourth-order valence-corrected chi connectivity index (χ4v) is 3.23. The van der Waals surface area contributed by atoms with E-state index in [0.29, 0.717) is 0 Å². The highest BCUT2D eigenvalue weighted by atomic mass is 16.6. The number of fused-ring (bicyclic) bond motifs is 1. The number of nitrogens with zero attached hydrogens (tertiary/aromatic N) is 3. The van der Waals surface area contributed by atoms with Crippen molar-refractivity contribution >= 4 is 34.8 Å². The van der Waals surface area contributed by atoms with E-state index >= 15 is 0 Å². The van der Waals surface area contributed by atoms with Gasteiger partial charge in [0.1, 0.15) is 11.6 Å². The molecule has 0 bridgehead atoms. The maximum atomic E-state index is 12.7. The number of hydrogen-bond acceptors (Lipinski definition) is 5. The van der Waals surface area contributed by atoms with Crippen LogP contribution in [0.3, 0.4) is 0 Å². The molecule has 3 N–H and O–H groups in total. The van der Waals surface area contributed by atoms with Crippen LogP contribution in [0, 0.1) is 0 Å². The second-order valence-electron chi connectivity index (χ2n) is 8.44. The summed E-state index contributed by atoms with van der Waals surface area (Å²) in [7, 11) is 1.92. The van der Waals surface area contributed by atoms with E-state index < -0.39 is 35.3 Å². The van der Waals surface area contributed by atoms with Crippen molar-refractivity contribution in [3.8, 4) is 0 Å². The largest absolute Gasteiger partial charge is 0.458 e. The van der Waals surface area contributed by atoms with Gasteiger partial charge >= 0.3 is 12.2 Å². The summed E-state index contributed by atoms with van der Waals surface area (Å²) in [4.78, 5) is 39.6. The van der Waals surface area contributed by atoms with Gasteiger partial charge in [-0.1, -0.05) is 18.2 Å². The molecule has 2 atom stereocenters. The first-order valence-corrected chi connectivity index (χ1v) is 10.0. The fourth-order valence-electron chi connectivity index (χ4n) is 3.23. The summed E-state index contributed by atoms with van der Waals surface area (Å²) in [5.41, 5.74) is 15.8. The summed E-state index contributed by atoms with van der Waals surface area (Å²) >= 11 is 0. The third-order valence-electron chi connectivity index (χ3n) is 4.64. The van der Waals surface area contributed by atoms with Crippen LogP contribution in [0.25, 0.3) is 16.4 Å². The number of hydrogen-bond donors (Lipinski definition) is 2. The number of nitrogens with one attached hydrogen (secondary N) is 1. The van der Waals surface area contributed by atoms with Gasteiger partial charge in [0.2, 0.25) is 11.7 Å². The highest BCUT2D eigenvalue weighted by molar-refractivity contribution is 6.25. The second-order valence-corrected chi connectivity index (χ2v) is 8.44. The minimum Gasteiger partial charge on any atom is -0.458 e. The number of amides is 1. The van der Waals surface area contributed by atoms with E-state index in [1.54, 1.807) is 20.8 Å². The molecule has 1 heterocycles. The molecule has 0 spiro atoms. The molecule has 166 valence electrons. The average molecular weight is 428 g/mol. The number of carbonyl (C=O) groups excluding carboxylic acids is 3. The number of benzene rings is 1. The molecular weight excluding hydrogens is 398 g/mol. The van der Waals surface area contributed by atoms with Gasteiger partial charge in [-0.3, -0.25) is 9.59 Å². The zero-order valence-corrected chi connectivity index (χ0v) is 18.3. The minimum atomic E-state index is -1.05. The molecule has 2 aromatic rings. The lowest BCUT2D eigenvalue weighted by Crippen LogP contribution is -2.50. The lowest BCUT2D eigenvalue weighted by Gasteiger charge is -2.25. The topological polar surface area (TPSA) is 140 Å². The molecule has 9 heteroatoms. The van der Waals surface area contributed by atoms with Crippen molar-refractivity contribution < 1.29 is 23.9 Å².